The molecule has 1 amide bonds. The fraction of sp³-hybridized carbons (Fsp3) is 0.333. The quantitative estimate of drug-likeness (QED) is 0.482. The number of thiazole rings is 1. The van der Waals surface area contributed by atoms with Crippen molar-refractivity contribution in [1.29, 1.82) is 0 Å². The number of benzene rings is 2. The molecular formula is C21H23N5O3S. The molecule has 0 aliphatic carbocycles. The molecule has 156 valence electrons. The van der Waals surface area contributed by atoms with E-state index >= 15 is 0 Å². The fourth-order valence-electron chi connectivity index (χ4n) is 3.62. The van der Waals surface area contributed by atoms with E-state index in [9.17, 15) is 14.9 Å². The average Bonchev–Trinajstić information content (AvgIpc) is 3.20. The van der Waals surface area contributed by atoms with Crippen LogP contribution in [0.5, 0.6) is 0 Å². The van der Waals surface area contributed by atoms with E-state index in [0.29, 0.717) is 13.1 Å². The molecule has 0 bridgehead atoms. The summed E-state index contributed by atoms with van der Waals surface area (Å²) < 4.78 is 1.21. The molecular weight excluding hydrogens is 402 g/mol. The van der Waals surface area contributed by atoms with E-state index < -0.39 is 10.8 Å². The third kappa shape index (κ3) is 4.27. The number of piperazine rings is 1. The van der Waals surface area contributed by atoms with Crippen LogP contribution in [-0.4, -0.2) is 60.0 Å². The second-order valence-corrected chi connectivity index (χ2v) is 8.29. The molecule has 0 saturated carbocycles. The summed E-state index contributed by atoms with van der Waals surface area (Å²) in [5.41, 5.74) is 2.20. The first kappa shape index (κ1) is 20.2. The number of amides is 1. The van der Waals surface area contributed by atoms with Crippen molar-refractivity contribution in [3.63, 3.8) is 0 Å². The van der Waals surface area contributed by atoms with Gasteiger partial charge in [-0.1, -0.05) is 35.6 Å². The third-order valence-corrected chi connectivity index (χ3v) is 6.39. The van der Waals surface area contributed by atoms with Crippen molar-refractivity contribution in [2.75, 3.05) is 44.2 Å². The molecule has 0 radical (unpaired) electrons. The molecule has 1 aliphatic rings. The maximum Gasteiger partial charge on any atom is 0.282 e. The molecule has 9 heteroatoms. The number of anilines is 1. The highest BCUT2D eigenvalue weighted by Gasteiger charge is 2.21. The number of para-hydroxylation sites is 2. The molecule has 1 fully saturated rings. The van der Waals surface area contributed by atoms with Crippen LogP contribution >= 0.6 is 11.3 Å². The van der Waals surface area contributed by atoms with Crippen molar-refractivity contribution in [3.05, 3.63) is 63.7 Å². The molecule has 30 heavy (non-hydrogen) atoms. The summed E-state index contributed by atoms with van der Waals surface area (Å²) in [6.45, 7) is 6.78. The van der Waals surface area contributed by atoms with Gasteiger partial charge in [0.25, 0.3) is 11.6 Å². The number of nitro groups is 1. The summed E-state index contributed by atoms with van der Waals surface area (Å²) in [7, 11) is 0. The van der Waals surface area contributed by atoms with Crippen LogP contribution in [0.2, 0.25) is 0 Å². The summed E-state index contributed by atoms with van der Waals surface area (Å²) in [4.78, 5) is 32.3. The van der Waals surface area contributed by atoms with E-state index in [4.69, 9.17) is 4.98 Å². The normalized spacial score (nSPS) is 14.8. The molecule has 1 N–H and O–H groups in total. The molecule has 8 nitrogen and oxygen atoms in total. The van der Waals surface area contributed by atoms with Crippen molar-refractivity contribution in [2.45, 2.75) is 6.92 Å². The summed E-state index contributed by atoms with van der Waals surface area (Å²) >= 11 is 1.73. The van der Waals surface area contributed by atoms with Crippen molar-refractivity contribution >= 4 is 38.3 Å². The molecule has 3 aromatic rings. The standard InChI is InChI=1S/C21H23N5O3S/c1-15-5-4-8-18-19(15)23-21(30-18)25-13-11-24(12-14-25)10-9-22-20(27)16-6-2-3-7-17(16)26(28)29/h2-8H,9-14H2,1H3,(H,22,27). The van der Waals surface area contributed by atoms with Crippen molar-refractivity contribution in [1.82, 2.24) is 15.2 Å². The van der Waals surface area contributed by atoms with Gasteiger partial charge in [0.15, 0.2) is 5.13 Å². The first-order chi connectivity index (χ1) is 14.5. The van der Waals surface area contributed by atoms with E-state index in [0.717, 1.165) is 36.8 Å². The largest absolute Gasteiger partial charge is 0.351 e. The molecule has 1 saturated heterocycles. The topological polar surface area (TPSA) is 91.6 Å². The summed E-state index contributed by atoms with van der Waals surface area (Å²) in [6, 6.07) is 12.3. The Morgan fingerprint density at radius 2 is 1.93 bits per heavy atom. The Morgan fingerprint density at radius 3 is 2.67 bits per heavy atom. The van der Waals surface area contributed by atoms with Crippen LogP contribution < -0.4 is 10.2 Å². The third-order valence-electron chi connectivity index (χ3n) is 5.31. The predicted octanol–water partition coefficient (Wildman–Crippen LogP) is 3.06. The Bertz CT molecular complexity index is 1080. The van der Waals surface area contributed by atoms with E-state index in [1.54, 1.807) is 23.5 Å². The number of carbonyl (C=O) groups is 1. The van der Waals surface area contributed by atoms with E-state index in [1.165, 1.54) is 22.4 Å². The molecule has 0 spiro atoms. The second kappa shape index (κ2) is 8.76. The maximum atomic E-state index is 12.3. The zero-order valence-corrected chi connectivity index (χ0v) is 17.5. The van der Waals surface area contributed by atoms with E-state index in [2.05, 4.69) is 40.2 Å². The lowest BCUT2D eigenvalue weighted by molar-refractivity contribution is -0.385. The van der Waals surface area contributed by atoms with Gasteiger partial charge in [0.1, 0.15) is 5.56 Å². The minimum absolute atomic E-state index is 0.0958. The highest BCUT2D eigenvalue weighted by Crippen LogP contribution is 2.30. The van der Waals surface area contributed by atoms with Crippen LogP contribution in [0.1, 0.15) is 15.9 Å². The fourth-order valence-corrected chi connectivity index (χ4v) is 4.72. The number of hydrogen-bond acceptors (Lipinski definition) is 7. The molecule has 1 aliphatic heterocycles. The lowest BCUT2D eigenvalue weighted by Gasteiger charge is -2.34. The van der Waals surface area contributed by atoms with Crippen molar-refractivity contribution in [3.8, 4) is 0 Å². The van der Waals surface area contributed by atoms with Gasteiger partial charge in [0, 0.05) is 45.3 Å². The Balaban J connectivity index is 1.27. The first-order valence-corrected chi connectivity index (χ1v) is 10.7. The van der Waals surface area contributed by atoms with Gasteiger partial charge in [-0.2, -0.15) is 0 Å². The Morgan fingerprint density at radius 1 is 1.17 bits per heavy atom. The summed E-state index contributed by atoms with van der Waals surface area (Å²) in [5.74, 6) is -0.411. The highest BCUT2D eigenvalue weighted by molar-refractivity contribution is 7.22. The summed E-state index contributed by atoms with van der Waals surface area (Å²) in [5, 5.41) is 14.9. The van der Waals surface area contributed by atoms with E-state index in [-0.39, 0.29) is 11.3 Å². The van der Waals surface area contributed by atoms with Crippen molar-refractivity contribution in [2.24, 2.45) is 0 Å². The van der Waals surface area contributed by atoms with Gasteiger partial charge >= 0.3 is 0 Å². The second-order valence-electron chi connectivity index (χ2n) is 7.28. The average molecular weight is 426 g/mol. The number of aromatic nitrogens is 1. The lowest BCUT2D eigenvalue weighted by atomic mass is 10.1. The van der Waals surface area contributed by atoms with E-state index in [1.807, 2.05) is 0 Å². The van der Waals surface area contributed by atoms with Crippen LogP contribution in [0.25, 0.3) is 10.2 Å². The van der Waals surface area contributed by atoms with Gasteiger partial charge in [-0.3, -0.25) is 19.8 Å². The van der Waals surface area contributed by atoms with Gasteiger partial charge in [-0.15, -0.1) is 0 Å². The Hall–Kier alpha value is -3.04. The molecule has 2 heterocycles. The smallest absolute Gasteiger partial charge is 0.282 e. The highest BCUT2D eigenvalue weighted by atomic mass is 32.1. The zero-order chi connectivity index (χ0) is 21.1. The molecule has 1 aromatic heterocycles. The van der Waals surface area contributed by atoms with Gasteiger partial charge in [-0.25, -0.2) is 4.98 Å². The number of hydrogen-bond donors (Lipinski definition) is 1. The predicted molar refractivity (Wildman–Crippen MR) is 118 cm³/mol. The number of nitrogens with zero attached hydrogens (tertiary/aromatic N) is 4. The van der Waals surface area contributed by atoms with Gasteiger partial charge in [0.05, 0.1) is 15.1 Å². The monoisotopic (exact) mass is 425 g/mol. The lowest BCUT2D eigenvalue weighted by Crippen LogP contribution is -2.48. The van der Waals surface area contributed by atoms with Gasteiger partial charge in [0.2, 0.25) is 0 Å². The molecule has 4 rings (SSSR count). The number of aryl methyl sites for hydroxylation is 1. The number of fused-ring (bicyclic) bond motifs is 1. The van der Waals surface area contributed by atoms with Crippen LogP contribution in [0.3, 0.4) is 0 Å². The molecule has 2 aromatic carbocycles. The van der Waals surface area contributed by atoms with Gasteiger partial charge < -0.3 is 10.2 Å². The summed E-state index contributed by atoms with van der Waals surface area (Å²) in [6.07, 6.45) is 0. The SMILES string of the molecule is Cc1cccc2sc(N3CCN(CCNC(=O)c4ccccc4[N+](=O)[O-])CC3)nc12. The van der Waals surface area contributed by atoms with Crippen LogP contribution in [-0.2, 0) is 0 Å². The van der Waals surface area contributed by atoms with Crippen LogP contribution in [0, 0.1) is 17.0 Å². The zero-order valence-electron chi connectivity index (χ0n) is 16.7. The Kier molecular flexibility index (Phi) is 5.91. The maximum absolute atomic E-state index is 12.3. The van der Waals surface area contributed by atoms with Crippen LogP contribution in [0.15, 0.2) is 42.5 Å². The Labute approximate surface area is 178 Å². The van der Waals surface area contributed by atoms with Gasteiger partial charge in [-0.05, 0) is 24.6 Å². The number of nitro benzene ring substituents is 1. The molecule has 0 atom stereocenters. The number of carbonyl (C=O) groups excluding carboxylic acids is 1. The van der Waals surface area contributed by atoms with Crippen molar-refractivity contribution < 1.29 is 9.72 Å². The number of nitrogens with one attached hydrogen (secondary N) is 1. The number of rotatable bonds is 6. The van der Waals surface area contributed by atoms with Crippen LogP contribution in [0.4, 0.5) is 10.8 Å². The minimum atomic E-state index is -0.530. The first-order valence-electron chi connectivity index (χ1n) is 9.88. The molecule has 0 unspecified atom stereocenters. The minimum Gasteiger partial charge on any atom is -0.351 e.